The molecule has 1 N–H and O–H groups in total. The molecule has 0 aliphatic carbocycles. The summed E-state index contributed by atoms with van der Waals surface area (Å²) >= 11 is 0. The highest BCUT2D eigenvalue weighted by molar-refractivity contribution is 5.72. The number of aromatic hydroxyl groups is 1. The third kappa shape index (κ3) is 7.79. The van der Waals surface area contributed by atoms with Gasteiger partial charge in [0.25, 0.3) is 0 Å². The van der Waals surface area contributed by atoms with E-state index in [9.17, 15) is 5.11 Å². The zero-order chi connectivity index (χ0) is 19.3. The fourth-order valence-electron chi connectivity index (χ4n) is 3.86. The van der Waals surface area contributed by atoms with Gasteiger partial charge in [0.15, 0.2) is 0 Å². The minimum Gasteiger partial charge on any atom is -0.507 e. The van der Waals surface area contributed by atoms with E-state index in [4.69, 9.17) is 0 Å². The van der Waals surface area contributed by atoms with Gasteiger partial charge in [-0.15, -0.1) is 0 Å². The van der Waals surface area contributed by atoms with Gasteiger partial charge in [-0.2, -0.15) is 0 Å². The quantitative estimate of drug-likeness (QED) is 0.354. The number of unbranched alkanes of at least 4 members (excludes halogenated alkanes) is 10. The zero-order valence-corrected chi connectivity index (χ0v) is 17.5. The van der Waals surface area contributed by atoms with E-state index in [1.54, 1.807) is 0 Å². The maximum absolute atomic E-state index is 10.7. The Balaban J connectivity index is 1.70. The Morgan fingerprint density at radius 2 is 1.26 bits per heavy atom. The van der Waals surface area contributed by atoms with Crippen LogP contribution in [0, 0.1) is 6.92 Å². The molecule has 2 aromatic rings. The maximum Gasteiger partial charge on any atom is 0.126 e. The van der Waals surface area contributed by atoms with Gasteiger partial charge in [0.1, 0.15) is 5.75 Å². The van der Waals surface area contributed by atoms with Crippen LogP contribution >= 0.6 is 0 Å². The molecule has 0 amide bonds. The molecule has 2 aromatic carbocycles. The molecule has 0 aromatic heterocycles. The van der Waals surface area contributed by atoms with E-state index in [2.05, 4.69) is 38.1 Å². The number of aryl methyl sites for hydroxylation is 2. The predicted molar refractivity (Wildman–Crippen MR) is 118 cm³/mol. The molecule has 1 nitrogen and oxygen atoms in total. The number of benzene rings is 2. The Kier molecular flexibility index (Phi) is 10.0. The average molecular weight is 367 g/mol. The molecule has 0 atom stereocenters. The highest BCUT2D eigenvalue weighted by Gasteiger charge is 2.10. The van der Waals surface area contributed by atoms with Gasteiger partial charge in [0, 0.05) is 5.56 Å². The minimum absolute atomic E-state index is 0.471. The van der Waals surface area contributed by atoms with Crippen LogP contribution in [0.2, 0.25) is 0 Å². The molecule has 0 heterocycles. The first-order valence-corrected chi connectivity index (χ1v) is 11.1. The largest absolute Gasteiger partial charge is 0.507 e. The third-order valence-electron chi connectivity index (χ3n) is 5.47. The molecule has 1 heteroatoms. The summed E-state index contributed by atoms with van der Waals surface area (Å²) in [4.78, 5) is 0. The molecule has 0 aliphatic rings. The van der Waals surface area contributed by atoms with Gasteiger partial charge in [0.2, 0.25) is 0 Å². The van der Waals surface area contributed by atoms with Crippen LogP contribution < -0.4 is 0 Å². The van der Waals surface area contributed by atoms with E-state index in [0.717, 1.165) is 23.1 Å². The number of rotatable bonds is 13. The predicted octanol–water partition coefficient (Wildman–Crippen LogP) is 8.22. The lowest BCUT2D eigenvalue weighted by atomic mass is 9.95. The summed E-state index contributed by atoms with van der Waals surface area (Å²) < 4.78 is 0. The smallest absolute Gasteiger partial charge is 0.126 e. The monoisotopic (exact) mass is 366 g/mol. The molecule has 0 bridgehead atoms. The van der Waals surface area contributed by atoms with Crippen molar-refractivity contribution in [3.8, 4) is 16.9 Å². The van der Waals surface area contributed by atoms with Crippen LogP contribution in [-0.2, 0) is 6.42 Å². The molecule has 148 valence electrons. The van der Waals surface area contributed by atoms with Gasteiger partial charge in [-0.1, -0.05) is 108 Å². The molecule has 0 fully saturated rings. The van der Waals surface area contributed by atoms with Crippen molar-refractivity contribution in [3.05, 3.63) is 53.6 Å². The number of hydrogen-bond donors (Lipinski definition) is 1. The second kappa shape index (κ2) is 12.6. The first-order valence-electron chi connectivity index (χ1n) is 11.1. The Hall–Kier alpha value is -1.76. The summed E-state index contributed by atoms with van der Waals surface area (Å²) in [6, 6.07) is 14.5. The van der Waals surface area contributed by atoms with Crippen molar-refractivity contribution in [1.29, 1.82) is 0 Å². The summed E-state index contributed by atoms with van der Waals surface area (Å²) in [7, 11) is 0. The van der Waals surface area contributed by atoms with E-state index in [-0.39, 0.29) is 0 Å². The molecule has 2 rings (SSSR count). The highest BCUT2D eigenvalue weighted by atomic mass is 16.3. The van der Waals surface area contributed by atoms with Gasteiger partial charge in [-0.3, -0.25) is 0 Å². The molecular weight excluding hydrogens is 328 g/mol. The molecule has 0 spiro atoms. The molecule has 27 heavy (non-hydrogen) atoms. The minimum atomic E-state index is 0.471. The maximum atomic E-state index is 10.7. The molecule has 0 saturated carbocycles. The average Bonchev–Trinajstić information content (AvgIpc) is 2.69. The van der Waals surface area contributed by atoms with E-state index in [1.807, 2.05) is 18.2 Å². The second-order valence-corrected chi connectivity index (χ2v) is 7.97. The van der Waals surface area contributed by atoms with Crippen LogP contribution in [0.1, 0.15) is 88.7 Å². The van der Waals surface area contributed by atoms with Crippen molar-refractivity contribution >= 4 is 0 Å². The lowest BCUT2D eigenvalue weighted by Crippen LogP contribution is -1.92. The fraction of sp³-hybridized carbons (Fsp3) is 0.538. The van der Waals surface area contributed by atoms with Crippen LogP contribution in [-0.4, -0.2) is 5.11 Å². The van der Waals surface area contributed by atoms with E-state index in [0.29, 0.717) is 5.75 Å². The van der Waals surface area contributed by atoms with Crippen LogP contribution in [0.3, 0.4) is 0 Å². The Morgan fingerprint density at radius 1 is 0.704 bits per heavy atom. The molecule has 0 unspecified atom stereocenters. The second-order valence-electron chi connectivity index (χ2n) is 7.97. The fourth-order valence-corrected chi connectivity index (χ4v) is 3.86. The van der Waals surface area contributed by atoms with Crippen molar-refractivity contribution in [3.63, 3.8) is 0 Å². The van der Waals surface area contributed by atoms with Gasteiger partial charge in [0.05, 0.1) is 0 Å². The Labute approximate surface area is 166 Å². The number of phenols is 1. The van der Waals surface area contributed by atoms with Crippen LogP contribution in [0.25, 0.3) is 11.1 Å². The molecular formula is C26H38O. The van der Waals surface area contributed by atoms with Crippen molar-refractivity contribution in [2.45, 2.75) is 90.9 Å². The first kappa shape index (κ1) is 21.5. The summed E-state index contributed by atoms with van der Waals surface area (Å²) in [5, 5.41) is 10.7. The summed E-state index contributed by atoms with van der Waals surface area (Å²) in [6.45, 7) is 4.40. The number of phenolic OH excluding ortho intramolecular Hbond substituents is 1. The molecule has 0 radical (unpaired) electrons. The van der Waals surface area contributed by atoms with E-state index >= 15 is 0 Å². The van der Waals surface area contributed by atoms with Crippen molar-refractivity contribution in [2.75, 3.05) is 0 Å². The van der Waals surface area contributed by atoms with Crippen LogP contribution in [0.4, 0.5) is 0 Å². The van der Waals surface area contributed by atoms with Crippen molar-refractivity contribution < 1.29 is 5.11 Å². The summed E-state index contributed by atoms with van der Waals surface area (Å²) in [5.41, 5.74) is 4.39. The Bertz CT molecular complexity index is 645. The molecule has 0 aliphatic heterocycles. The van der Waals surface area contributed by atoms with Crippen LogP contribution in [0.5, 0.6) is 5.75 Å². The normalized spacial score (nSPS) is 11.0. The number of hydrogen-bond acceptors (Lipinski definition) is 1. The molecule has 0 saturated heterocycles. The first-order chi connectivity index (χ1) is 13.2. The lowest BCUT2D eigenvalue weighted by Gasteiger charge is -2.12. The van der Waals surface area contributed by atoms with E-state index in [1.165, 1.54) is 76.2 Å². The third-order valence-corrected chi connectivity index (χ3v) is 5.47. The van der Waals surface area contributed by atoms with Gasteiger partial charge >= 0.3 is 0 Å². The summed E-state index contributed by atoms with van der Waals surface area (Å²) in [5.74, 6) is 0.471. The van der Waals surface area contributed by atoms with E-state index < -0.39 is 0 Å². The Morgan fingerprint density at radius 3 is 1.85 bits per heavy atom. The van der Waals surface area contributed by atoms with Crippen LogP contribution in [0.15, 0.2) is 42.5 Å². The summed E-state index contributed by atoms with van der Waals surface area (Å²) in [6.07, 6.45) is 15.9. The lowest BCUT2D eigenvalue weighted by molar-refractivity contribution is 0.467. The van der Waals surface area contributed by atoms with Crippen molar-refractivity contribution in [2.24, 2.45) is 0 Å². The van der Waals surface area contributed by atoms with Gasteiger partial charge in [-0.05, 0) is 42.5 Å². The van der Waals surface area contributed by atoms with Gasteiger partial charge in [-0.25, -0.2) is 0 Å². The van der Waals surface area contributed by atoms with Crippen molar-refractivity contribution in [1.82, 2.24) is 0 Å². The highest BCUT2D eigenvalue weighted by Crippen LogP contribution is 2.34. The van der Waals surface area contributed by atoms with Gasteiger partial charge < -0.3 is 5.11 Å². The standard InChI is InChI=1S/C26H38O/c1-3-4-5-6-7-8-9-10-11-12-14-19-24-20-22(2)21-25(26(24)27)23-17-15-13-16-18-23/h13,15-18,20-21,27H,3-12,14,19H2,1-2H3. The zero-order valence-electron chi connectivity index (χ0n) is 17.5. The topological polar surface area (TPSA) is 20.2 Å². The SMILES string of the molecule is CCCCCCCCCCCCCc1cc(C)cc(-c2ccccc2)c1O.